The van der Waals surface area contributed by atoms with Gasteiger partial charge in [-0.15, -0.1) is 24.8 Å². The van der Waals surface area contributed by atoms with E-state index in [1.807, 2.05) is 0 Å². The lowest BCUT2D eigenvalue weighted by Crippen LogP contribution is -2.33. The zero-order valence-electron chi connectivity index (χ0n) is 12.0. The molecule has 22 heavy (non-hydrogen) atoms. The molecular formula is C12H18Cl2F3N3O2. The highest BCUT2D eigenvalue weighted by Gasteiger charge is 2.29. The normalized spacial score (nSPS) is 10.2. The lowest BCUT2D eigenvalue weighted by Gasteiger charge is -2.18. The molecular weight excluding hydrogens is 346 g/mol. The third-order valence-electron chi connectivity index (χ3n) is 2.41. The Balaban J connectivity index is 0. The summed E-state index contributed by atoms with van der Waals surface area (Å²) in [5.41, 5.74) is -0.129. The fourth-order valence-corrected chi connectivity index (χ4v) is 1.39. The molecule has 0 saturated heterocycles. The van der Waals surface area contributed by atoms with Crippen molar-refractivity contribution >= 4 is 30.7 Å². The summed E-state index contributed by atoms with van der Waals surface area (Å²) in [7, 11) is 3.28. The molecule has 0 fully saturated rings. The number of hydrogen-bond acceptors (Lipinski definition) is 4. The number of aromatic nitrogens is 1. The van der Waals surface area contributed by atoms with Crippen molar-refractivity contribution in [2.45, 2.75) is 6.18 Å². The Morgan fingerprint density at radius 1 is 1.41 bits per heavy atom. The highest BCUT2D eigenvalue weighted by Crippen LogP contribution is 2.21. The van der Waals surface area contributed by atoms with Crippen molar-refractivity contribution in [2.75, 3.05) is 33.8 Å². The van der Waals surface area contributed by atoms with Gasteiger partial charge in [-0.3, -0.25) is 4.79 Å². The van der Waals surface area contributed by atoms with E-state index in [-0.39, 0.29) is 36.3 Å². The first-order valence-corrected chi connectivity index (χ1v) is 5.90. The number of nitrogens with one attached hydrogen (secondary N) is 1. The second-order valence-corrected chi connectivity index (χ2v) is 4.08. The minimum Gasteiger partial charge on any atom is -0.482 e. The average Bonchev–Trinajstić information content (AvgIpc) is 2.41. The van der Waals surface area contributed by atoms with Crippen molar-refractivity contribution in [3.8, 4) is 5.75 Å². The van der Waals surface area contributed by atoms with E-state index in [2.05, 4.69) is 15.0 Å². The number of carbonyl (C=O) groups excluding carboxylic acids is 1. The van der Waals surface area contributed by atoms with Crippen LogP contribution in [-0.4, -0.2) is 55.8 Å². The number of carbonyl (C=O) groups is 1. The average molecular weight is 364 g/mol. The van der Waals surface area contributed by atoms with Gasteiger partial charge in [-0.1, -0.05) is 0 Å². The maximum Gasteiger partial charge on any atom is 0.422 e. The Bertz CT molecular complexity index is 461. The van der Waals surface area contributed by atoms with E-state index in [1.54, 1.807) is 14.1 Å². The van der Waals surface area contributed by atoms with Gasteiger partial charge in [0.05, 0.1) is 0 Å². The highest BCUT2D eigenvalue weighted by molar-refractivity contribution is 5.94. The summed E-state index contributed by atoms with van der Waals surface area (Å²) < 4.78 is 41.1. The molecule has 1 rings (SSSR count). The van der Waals surface area contributed by atoms with Gasteiger partial charge in [0, 0.05) is 26.3 Å². The molecule has 1 N–H and O–H groups in total. The fraction of sp³-hybridized carbons (Fsp3) is 0.500. The van der Waals surface area contributed by atoms with Crippen LogP contribution in [-0.2, 0) is 0 Å². The van der Waals surface area contributed by atoms with E-state index in [4.69, 9.17) is 0 Å². The van der Waals surface area contributed by atoms with Crippen LogP contribution in [0, 0.1) is 0 Å². The number of ether oxygens (including phenoxy) is 1. The smallest absolute Gasteiger partial charge is 0.422 e. The fourth-order valence-electron chi connectivity index (χ4n) is 1.39. The van der Waals surface area contributed by atoms with Gasteiger partial charge in [0.1, 0.15) is 0 Å². The lowest BCUT2D eigenvalue weighted by molar-refractivity contribution is -0.153. The molecule has 0 aliphatic heterocycles. The maximum atomic E-state index is 12.2. The van der Waals surface area contributed by atoms with Crippen LogP contribution in [0.2, 0.25) is 0 Å². The van der Waals surface area contributed by atoms with Gasteiger partial charge >= 0.3 is 6.18 Å². The first-order valence-electron chi connectivity index (χ1n) is 5.90. The molecule has 1 aromatic rings. The summed E-state index contributed by atoms with van der Waals surface area (Å²) in [6.07, 6.45) is -3.13. The number of rotatable bonds is 6. The lowest BCUT2D eigenvalue weighted by atomic mass is 10.3. The molecule has 0 atom stereocenters. The standard InChI is InChI=1S/C12H16F3N3O2.2ClH/c1-16-6-7-18(2)11(19)10-9(4-3-5-17-10)20-8-12(13,14)15;;/h3-5,16H,6-8H2,1-2H3;2*1H. The van der Waals surface area contributed by atoms with Crippen LogP contribution in [0.3, 0.4) is 0 Å². The van der Waals surface area contributed by atoms with Gasteiger partial charge in [-0.25, -0.2) is 4.98 Å². The van der Waals surface area contributed by atoms with E-state index < -0.39 is 18.7 Å². The topological polar surface area (TPSA) is 54.5 Å². The van der Waals surface area contributed by atoms with Crippen LogP contribution < -0.4 is 10.1 Å². The predicted molar refractivity (Wildman–Crippen MR) is 81.2 cm³/mol. The number of likely N-dealkylation sites (N-methyl/N-ethyl adjacent to an activating group) is 2. The van der Waals surface area contributed by atoms with Crippen molar-refractivity contribution < 1.29 is 22.7 Å². The number of nitrogens with zero attached hydrogens (tertiary/aromatic N) is 2. The largest absolute Gasteiger partial charge is 0.482 e. The molecule has 1 heterocycles. The van der Waals surface area contributed by atoms with Crippen LogP contribution in [0.5, 0.6) is 5.75 Å². The van der Waals surface area contributed by atoms with E-state index >= 15 is 0 Å². The number of hydrogen-bond donors (Lipinski definition) is 1. The zero-order chi connectivity index (χ0) is 15.2. The van der Waals surface area contributed by atoms with Gasteiger partial charge in [0.2, 0.25) is 0 Å². The molecule has 5 nitrogen and oxygen atoms in total. The van der Waals surface area contributed by atoms with Gasteiger partial charge in [-0.2, -0.15) is 13.2 Å². The van der Waals surface area contributed by atoms with Gasteiger partial charge in [-0.05, 0) is 19.2 Å². The molecule has 0 radical (unpaired) electrons. The molecule has 128 valence electrons. The van der Waals surface area contributed by atoms with Crippen LogP contribution in [0.4, 0.5) is 13.2 Å². The highest BCUT2D eigenvalue weighted by atomic mass is 35.5. The Morgan fingerprint density at radius 3 is 2.59 bits per heavy atom. The first kappa shape index (κ1) is 23.0. The second-order valence-electron chi connectivity index (χ2n) is 4.08. The Hall–Kier alpha value is -1.25. The molecule has 1 amide bonds. The molecule has 0 saturated carbocycles. The molecule has 0 bridgehead atoms. The number of alkyl halides is 3. The second kappa shape index (κ2) is 10.5. The summed E-state index contributed by atoms with van der Waals surface area (Å²) >= 11 is 0. The summed E-state index contributed by atoms with van der Waals surface area (Å²) in [5, 5.41) is 2.87. The van der Waals surface area contributed by atoms with Gasteiger partial charge < -0.3 is 15.0 Å². The zero-order valence-corrected chi connectivity index (χ0v) is 13.6. The Labute approximate surface area is 139 Å². The van der Waals surface area contributed by atoms with Gasteiger partial charge in [0.15, 0.2) is 18.1 Å². The van der Waals surface area contributed by atoms with Crippen molar-refractivity contribution in [3.05, 3.63) is 24.0 Å². The van der Waals surface area contributed by atoms with Gasteiger partial charge in [0.25, 0.3) is 5.91 Å². The van der Waals surface area contributed by atoms with Crippen LogP contribution >= 0.6 is 24.8 Å². The van der Waals surface area contributed by atoms with Crippen molar-refractivity contribution in [2.24, 2.45) is 0 Å². The maximum absolute atomic E-state index is 12.2. The van der Waals surface area contributed by atoms with Crippen LogP contribution in [0.25, 0.3) is 0 Å². The monoisotopic (exact) mass is 363 g/mol. The van der Waals surface area contributed by atoms with E-state index in [0.717, 1.165) is 0 Å². The summed E-state index contributed by atoms with van der Waals surface area (Å²) in [6.45, 7) is -0.488. The third-order valence-corrected chi connectivity index (χ3v) is 2.41. The molecule has 10 heteroatoms. The van der Waals surface area contributed by atoms with Crippen LogP contribution in [0.15, 0.2) is 18.3 Å². The third kappa shape index (κ3) is 7.67. The molecule has 0 spiro atoms. The number of pyridine rings is 1. The van der Waals surface area contributed by atoms with Crippen molar-refractivity contribution in [1.82, 2.24) is 15.2 Å². The summed E-state index contributed by atoms with van der Waals surface area (Å²) in [6, 6.07) is 2.70. The quantitative estimate of drug-likeness (QED) is 0.841. The molecule has 0 aliphatic carbocycles. The number of halogens is 5. The Morgan fingerprint density at radius 2 is 2.05 bits per heavy atom. The molecule has 0 unspecified atom stereocenters. The predicted octanol–water partition coefficient (Wildman–Crippen LogP) is 2.16. The minimum absolute atomic E-state index is 0. The SMILES string of the molecule is CNCCN(C)C(=O)c1ncccc1OCC(F)(F)F.Cl.Cl. The van der Waals surface area contributed by atoms with E-state index in [0.29, 0.717) is 13.1 Å². The number of amides is 1. The Kier molecular flexibility index (Phi) is 11.0. The molecule has 0 aromatic carbocycles. The van der Waals surface area contributed by atoms with Crippen molar-refractivity contribution in [3.63, 3.8) is 0 Å². The molecule has 1 aromatic heterocycles. The summed E-state index contributed by atoms with van der Waals surface area (Å²) in [5.74, 6) is -0.663. The molecule has 0 aliphatic rings. The first-order chi connectivity index (χ1) is 9.35. The van der Waals surface area contributed by atoms with E-state index in [1.165, 1.54) is 23.2 Å². The summed E-state index contributed by atoms with van der Waals surface area (Å²) in [4.78, 5) is 17.2. The van der Waals surface area contributed by atoms with Crippen LogP contribution in [0.1, 0.15) is 10.5 Å². The minimum atomic E-state index is -4.46. The van der Waals surface area contributed by atoms with Crippen molar-refractivity contribution in [1.29, 1.82) is 0 Å². The van der Waals surface area contributed by atoms with E-state index in [9.17, 15) is 18.0 Å².